The summed E-state index contributed by atoms with van der Waals surface area (Å²) in [5.41, 5.74) is 1.71. The average Bonchev–Trinajstić information content (AvgIpc) is 3.32. The number of thiophene rings is 1. The second kappa shape index (κ2) is 8.41. The molecule has 7 heteroatoms. The van der Waals surface area contributed by atoms with Crippen LogP contribution in [0.25, 0.3) is 6.08 Å². The first-order valence-corrected chi connectivity index (χ1v) is 10.3. The molecule has 3 aromatic rings. The molecule has 3 heterocycles. The zero-order valence-electron chi connectivity index (χ0n) is 14.8. The van der Waals surface area contributed by atoms with Crippen LogP contribution in [0.3, 0.4) is 0 Å². The van der Waals surface area contributed by atoms with Crippen LogP contribution >= 0.6 is 23.1 Å². The van der Waals surface area contributed by atoms with E-state index in [4.69, 9.17) is 4.74 Å². The first-order chi connectivity index (χ1) is 13.7. The largest absolute Gasteiger partial charge is 0.487 e. The van der Waals surface area contributed by atoms with Gasteiger partial charge in [-0.15, -0.1) is 11.3 Å². The highest BCUT2D eigenvalue weighted by molar-refractivity contribution is 8.18. The van der Waals surface area contributed by atoms with Crippen molar-refractivity contribution in [2.75, 3.05) is 0 Å². The minimum Gasteiger partial charge on any atom is -0.487 e. The highest BCUT2D eigenvalue weighted by atomic mass is 32.2. The van der Waals surface area contributed by atoms with Crippen molar-refractivity contribution < 1.29 is 14.3 Å². The number of thioether (sulfide) groups is 1. The van der Waals surface area contributed by atoms with Crippen molar-refractivity contribution in [1.82, 2.24) is 9.88 Å². The van der Waals surface area contributed by atoms with Crippen LogP contribution in [0.4, 0.5) is 4.79 Å². The standard InChI is InChI=1S/C21H16N2O3S2/c24-20-19(12-18-5-3-11-27-18)28-21(25)23(20)13-15-6-8-17(9-7-15)26-14-16-4-1-2-10-22-16/h1-12H,13-14H2/b19-12+. The maximum Gasteiger partial charge on any atom is 0.293 e. The summed E-state index contributed by atoms with van der Waals surface area (Å²) < 4.78 is 5.71. The van der Waals surface area contributed by atoms with Gasteiger partial charge in [-0.3, -0.25) is 19.5 Å². The molecule has 0 bridgehead atoms. The lowest BCUT2D eigenvalue weighted by Crippen LogP contribution is -2.27. The molecule has 1 aliphatic heterocycles. The molecular formula is C21H16N2O3S2. The van der Waals surface area contributed by atoms with Crippen LogP contribution in [0, 0.1) is 0 Å². The summed E-state index contributed by atoms with van der Waals surface area (Å²) in [5.74, 6) is 0.458. The molecule has 1 aliphatic rings. The topological polar surface area (TPSA) is 59.5 Å². The van der Waals surface area contributed by atoms with Crippen LogP contribution in [-0.2, 0) is 17.9 Å². The van der Waals surface area contributed by atoms with Crippen molar-refractivity contribution in [3.05, 3.63) is 87.2 Å². The summed E-state index contributed by atoms with van der Waals surface area (Å²) in [6, 6.07) is 16.9. The second-order valence-corrected chi connectivity index (χ2v) is 8.01. The number of carbonyl (C=O) groups excluding carboxylic acids is 2. The van der Waals surface area contributed by atoms with Crippen LogP contribution in [-0.4, -0.2) is 21.0 Å². The minimum absolute atomic E-state index is 0.243. The Bertz CT molecular complexity index is 1000. The number of carbonyl (C=O) groups is 2. The van der Waals surface area contributed by atoms with Gasteiger partial charge in [0.05, 0.1) is 17.1 Å². The maximum absolute atomic E-state index is 12.6. The van der Waals surface area contributed by atoms with Crippen molar-refractivity contribution in [2.24, 2.45) is 0 Å². The first-order valence-electron chi connectivity index (χ1n) is 8.59. The Morgan fingerprint density at radius 1 is 1.04 bits per heavy atom. The van der Waals surface area contributed by atoms with E-state index >= 15 is 0 Å². The number of imide groups is 1. The van der Waals surface area contributed by atoms with Gasteiger partial charge in [0.15, 0.2) is 0 Å². The molecule has 0 radical (unpaired) electrons. The molecule has 2 amide bonds. The summed E-state index contributed by atoms with van der Waals surface area (Å²) >= 11 is 2.51. The van der Waals surface area contributed by atoms with Gasteiger partial charge in [-0.2, -0.15) is 0 Å². The molecule has 5 nitrogen and oxygen atoms in total. The van der Waals surface area contributed by atoms with Crippen LogP contribution in [0.2, 0.25) is 0 Å². The molecule has 0 spiro atoms. The van der Waals surface area contributed by atoms with Crippen molar-refractivity contribution >= 4 is 40.3 Å². The number of ether oxygens (including phenoxy) is 1. The van der Waals surface area contributed by atoms with Gasteiger partial charge in [0.1, 0.15) is 12.4 Å². The number of hydrogen-bond donors (Lipinski definition) is 0. The molecule has 0 aliphatic carbocycles. The Morgan fingerprint density at radius 3 is 2.61 bits per heavy atom. The van der Waals surface area contributed by atoms with Gasteiger partial charge < -0.3 is 4.74 Å². The fourth-order valence-corrected chi connectivity index (χ4v) is 4.21. The monoisotopic (exact) mass is 408 g/mol. The SMILES string of the molecule is O=C1S/C(=C/c2cccs2)C(=O)N1Cc1ccc(OCc2ccccn2)cc1. The third-order valence-electron chi connectivity index (χ3n) is 4.07. The van der Waals surface area contributed by atoms with Gasteiger partial charge in [0, 0.05) is 11.1 Å². The Kier molecular flexibility index (Phi) is 5.55. The molecule has 2 aromatic heterocycles. The summed E-state index contributed by atoms with van der Waals surface area (Å²) in [6.45, 7) is 0.629. The molecule has 0 unspecified atom stereocenters. The van der Waals surface area contributed by atoms with Gasteiger partial charge in [0.2, 0.25) is 0 Å². The lowest BCUT2D eigenvalue weighted by atomic mass is 10.2. The lowest BCUT2D eigenvalue weighted by molar-refractivity contribution is -0.123. The highest BCUT2D eigenvalue weighted by Crippen LogP contribution is 2.34. The number of aromatic nitrogens is 1. The summed E-state index contributed by atoms with van der Waals surface area (Å²) in [5, 5.41) is 1.69. The van der Waals surface area contributed by atoms with E-state index in [1.165, 1.54) is 16.2 Å². The van der Waals surface area contributed by atoms with E-state index in [1.54, 1.807) is 12.3 Å². The maximum atomic E-state index is 12.6. The third-order valence-corrected chi connectivity index (χ3v) is 5.79. The van der Waals surface area contributed by atoms with Gasteiger partial charge in [-0.1, -0.05) is 24.3 Å². The smallest absolute Gasteiger partial charge is 0.293 e. The van der Waals surface area contributed by atoms with Crippen molar-refractivity contribution in [3.63, 3.8) is 0 Å². The van der Waals surface area contributed by atoms with Crippen molar-refractivity contribution in [1.29, 1.82) is 0 Å². The normalized spacial score (nSPS) is 15.4. The third kappa shape index (κ3) is 4.32. The van der Waals surface area contributed by atoms with Crippen LogP contribution < -0.4 is 4.74 Å². The predicted octanol–water partition coefficient (Wildman–Crippen LogP) is 4.96. The Hall–Kier alpha value is -2.90. The van der Waals surface area contributed by atoms with E-state index < -0.39 is 0 Å². The molecular weight excluding hydrogens is 392 g/mol. The van der Waals surface area contributed by atoms with E-state index in [1.807, 2.05) is 60.0 Å². The lowest BCUT2D eigenvalue weighted by Gasteiger charge is -2.13. The Balaban J connectivity index is 1.39. The fraction of sp³-hybridized carbons (Fsp3) is 0.0952. The molecule has 4 rings (SSSR count). The van der Waals surface area contributed by atoms with E-state index in [0.717, 1.165) is 27.9 Å². The minimum atomic E-state index is -0.251. The van der Waals surface area contributed by atoms with Gasteiger partial charge in [0.25, 0.3) is 11.1 Å². The number of pyridine rings is 1. The highest BCUT2D eigenvalue weighted by Gasteiger charge is 2.35. The summed E-state index contributed by atoms with van der Waals surface area (Å²) in [6.07, 6.45) is 3.50. The fourth-order valence-electron chi connectivity index (χ4n) is 2.65. The zero-order valence-corrected chi connectivity index (χ0v) is 16.4. The molecule has 0 saturated carbocycles. The Labute approximate surface area is 170 Å². The summed E-state index contributed by atoms with van der Waals surface area (Å²) in [7, 11) is 0. The van der Waals surface area contributed by atoms with Crippen LogP contribution in [0.5, 0.6) is 5.75 Å². The number of rotatable bonds is 6. The molecule has 1 aromatic carbocycles. The quantitative estimate of drug-likeness (QED) is 0.540. The van der Waals surface area contributed by atoms with Crippen LogP contribution in [0.1, 0.15) is 16.1 Å². The molecule has 0 N–H and O–H groups in total. The number of nitrogens with zero attached hydrogens (tertiary/aromatic N) is 2. The Morgan fingerprint density at radius 2 is 1.89 bits per heavy atom. The van der Waals surface area contributed by atoms with Gasteiger partial charge in [-0.05, 0) is 59.1 Å². The van der Waals surface area contributed by atoms with Gasteiger partial charge in [-0.25, -0.2) is 0 Å². The van der Waals surface area contributed by atoms with Gasteiger partial charge >= 0.3 is 0 Å². The number of amides is 2. The molecule has 1 fully saturated rings. The molecule has 0 atom stereocenters. The first kappa shape index (κ1) is 18.5. The number of benzene rings is 1. The van der Waals surface area contributed by atoms with Crippen molar-refractivity contribution in [2.45, 2.75) is 13.2 Å². The number of hydrogen-bond acceptors (Lipinski definition) is 6. The molecule has 1 saturated heterocycles. The van der Waals surface area contributed by atoms with E-state index in [9.17, 15) is 9.59 Å². The molecule has 140 valence electrons. The molecule has 28 heavy (non-hydrogen) atoms. The predicted molar refractivity (Wildman–Crippen MR) is 111 cm³/mol. The average molecular weight is 409 g/mol. The van der Waals surface area contributed by atoms with Crippen LogP contribution in [0.15, 0.2) is 71.1 Å². The van der Waals surface area contributed by atoms with E-state index in [2.05, 4.69) is 4.98 Å². The van der Waals surface area contributed by atoms with Crippen molar-refractivity contribution in [3.8, 4) is 5.75 Å². The zero-order chi connectivity index (χ0) is 19.3. The van der Waals surface area contributed by atoms with E-state index in [-0.39, 0.29) is 17.7 Å². The van der Waals surface area contributed by atoms with E-state index in [0.29, 0.717) is 17.3 Å². The second-order valence-electron chi connectivity index (χ2n) is 6.04. The summed E-state index contributed by atoms with van der Waals surface area (Å²) in [4.78, 5) is 31.7.